The minimum Gasteiger partial charge on any atom is -0.329 e. The number of carbonyl (C=O) groups is 1. The maximum atomic E-state index is 12.0. The highest BCUT2D eigenvalue weighted by Crippen LogP contribution is 2.13. The van der Waals surface area contributed by atoms with Gasteiger partial charge in [-0.2, -0.15) is 0 Å². The van der Waals surface area contributed by atoms with E-state index in [9.17, 15) is 4.79 Å². The smallest absolute Gasteiger partial charge is 0.198 e. The minimum atomic E-state index is 0.171. The van der Waals surface area contributed by atoms with Crippen LogP contribution in [-0.4, -0.2) is 27.9 Å². The predicted molar refractivity (Wildman–Crippen MR) is 67.1 cm³/mol. The maximum absolute atomic E-state index is 12.0. The molecule has 1 aliphatic heterocycles. The second kappa shape index (κ2) is 5.96. The summed E-state index contributed by atoms with van der Waals surface area (Å²) in [6, 6.07) is 0.526. The Morgan fingerprint density at radius 1 is 1.59 bits per heavy atom. The van der Waals surface area contributed by atoms with Crippen molar-refractivity contribution < 1.29 is 4.79 Å². The van der Waals surface area contributed by atoms with E-state index in [-0.39, 0.29) is 5.78 Å². The number of piperidine rings is 1. The summed E-state index contributed by atoms with van der Waals surface area (Å²) in [5, 5.41) is 3.47. The van der Waals surface area contributed by atoms with E-state index >= 15 is 0 Å². The first-order valence-corrected chi connectivity index (χ1v) is 6.59. The molecular weight excluding hydrogens is 214 g/mol. The van der Waals surface area contributed by atoms with Crippen molar-refractivity contribution in [3.05, 3.63) is 18.2 Å². The van der Waals surface area contributed by atoms with Crippen LogP contribution in [0.4, 0.5) is 0 Å². The van der Waals surface area contributed by atoms with Crippen molar-refractivity contribution in [1.29, 1.82) is 0 Å². The average molecular weight is 235 g/mol. The van der Waals surface area contributed by atoms with E-state index in [0.29, 0.717) is 18.3 Å². The molecule has 0 spiro atoms. The van der Waals surface area contributed by atoms with Crippen LogP contribution in [0.5, 0.6) is 0 Å². The number of nitrogens with one attached hydrogen (secondary N) is 1. The first-order chi connectivity index (χ1) is 8.31. The van der Waals surface area contributed by atoms with E-state index in [1.165, 1.54) is 19.3 Å². The summed E-state index contributed by atoms with van der Waals surface area (Å²) < 4.78 is 1.91. The van der Waals surface area contributed by atoms with Gasteiger partial charge in [-0.1, -0.05) is 6.42 Å². The molecule has 0 amide bonds. The van der Waals surface area contributed by atoms with Crippen molar-refractivity contribution in [1.82, 2.24) is 14.9 Å². The fourth-order valence-electron chi connectivity index (χ4n) is 2.40. The molecule has 0 saturated carbocycles. The minimum absolute atomic E-state index is 0.171. The van der Waals surface area contributed by atoms with Crippen LogP contribution in [0.1, 0.15) is 49.6 Å². The van der Waals surface area contributed by atoms with Gasteiger partial charge in [0.15, 0.2) is 11.6 Å². The third kappa shape index (κ3) is 3.16. The molecule has 1 saturated heterocycles. The molecular formula is C13H21N3O. The summed E-state index contributed by atoms with van der Waals surface area (Å²) in [6.45, 7) is 3.94. The van der Waals surface area contributed by atoms with Crippen LogP contribution in [0.2, 0.25) is 0 Å². The highest BCUT2D eigenvalue weighted by molar-refractivity contribution is 5.92. The second-order valence-electron chi connectivity index (χ2n) is 4.65. The third-order valence-corrected chi connectivity index (χ3v) is 3.44. The highest BCUT2D eigenvalue weighted by atomic mass is 16.1. The van der Waals surface area contributed by atoms with Gasteiger partial charge in [-0.25, -0.2) is 4.98 Å². The van der Waals surface area contributed by atoms with Gasteiger partial charge in [0.1, 0.15) is 0 Å². The third-order valence-electron chi connectivity index (χ3n) is 3.44. The quantitative estimate of drug-likeness (QED) is 0.794. The van der Waals surface area contributed by atoms with Gasteiger partial charge in [-0.3, -0.25) is 4.79 Å². The van der Waals surface area contributed by atoms with Gasteiger partial charge in [0.25, 0.3) is 0 Å². The summed E-state index contributed by atoms with van der Waals surface area (Å²) >= 11 is 0. The molecule has 1 N–H and O–H groups in total. The van der Waals surface area contributed by atoms with E-state index in [2.05, 4.69) is 10.3 Å². The van der Waals surface area contributed by atoms with E-state index in [1.807, 2.05) is 17.7 Å². The number of imidazole rings is 1. The van der Waals surface area contributed by atoms with Gasteiger partial charge in [0, 0.05) is 31.4 Å². The van der Waals surface area contributed by atoms with Crippen LogP contribution in [0.25, 0.3) is 0 Å². The molecule has 0 radical (unpaired) electrons. The molecule has 0 bridgehead atoms. The van der Waals surface area contributed by atoms with Crippen LogP contribution in [0.15, 0.2) is 12.4 Å². The molecule has 2 rings (SSSR count). The number of rotatable bonds is 5. The average Bonchev–Trinajstić information content (AvgIpc) is 2.85. The Balaban J connectivity index is 1.84. The molecule has 17 heavy (non-hydrogen) atoms. The molecule has 4 nitrogen and oxygen atoms in total. The van der Waals surface area contributed by atoms with Crippen LogP contribution < -0.4 is 5.32 Å². The van der Waals surface area contributed by atoms with Crippen LogP contribution in [-0.2, 0) is 6.54 Å². The van der Waals surface area contributed by atoms with Gasteiger partial charge in [0.2, 0.25) is 0 Å². The van der Waals surface area contributed by atoms with Crippen LogP contribution in [0.3, 0.4) is 0 Å². The predicted octanol–water partition coefficient (Wildman–Crippen LogP) is 2.01. The van der Waals surface area contributed by atoms with Crippen LogP contribution in [0, 0.1) is 0 Å². The molecule has 1 unspecified atom stereocenters. The largest absolute Gasteiger partial charge is 0.329 e. The lowest BCUT2D eigenvalue weighted by Gasteiger charge is -2.22. The standard InChI is InChI=1S/C13H21N3O/c1-2-16-10-9-15-13(16)12(17)7-6-11-5-3-4-8-14-11/h9-11,14H,2-8H2,1H3. The molecule has 94 valence electrons. The molecule has 0 aliphatic carbocycles. The van der Waals surface area contributed by atoms with Crippen molar-refractivity contribution in [2.24, 2.45) is 0 Å². The lowest BCUT2D eigenvalue weighted by Crippen LogP contribution is -2.34. The van der Waals surface area contributed by atoms with Crippen molar-refractivity contribution >= 4 is 5.78 Å². The van der Waals surface area contributed by atoms with Crippen molar-refractivity contribution in [2.75, 3.05) is 6.54 Å². The Morgan fingerprint density at radius 3 is 3.18 bits per heavy atom. The Bertz CT molecular complexity index is 366. The van der Waals surface area contributed by atoms with E-state index < -0.39 is 0 Å². The first kappa shape index (κ1) is 12.3. The lowest BCUT2D eigenvalue weighted by molar-refractivity contribution is 0.0960. The van der Waals surface area contributed by atoms with E-state index in [0.717, 1.165) is 19.5 Å². The van der Waals surface area contributed by atoms with Gasteiger partial charge in [-0.05, 0) is 32.7 Å². The second-order valence-corrected chi connectivity index (χ2v) is 4.65. The highest BCUT2D eigenvalue weighted by Gasteiger charge is 2.17. The van der Waals surface area contributed by atoms with Gasteiger partial charge in [0.05, 0.1) is 0 Å². The first-order valence-electron chi connectivity index (χ1n) is 6.59. The topological polar surface area (TPSA) is 46.9 Å². The number of ketones is 1. The summed E-state index contributed by atoms with van der Waals surface area (Å²) in [5.74, 6) is 0.785. The van der Waals surface area contributed by atoms with Crippen molar-refractivity contribution in [2.45, 2.75) is 51.6 Å². The molecule has 2 heterocycles. The Hall–Kier alpha value is -1.16. The maximum Gasteiger partial charge on any atom is 0.198 e. The normalized spacial score (nSPS) is 20.4. The fourth-order valence-corrected chi connectivity index (χ4v) is 2.40. The molecule has 1 atom stereocenters. The van der Waals surface area contributed by atoms with Crippen molar-refractivity contribution in [3.63, 3.8) is 0 Å². The number of carbonyl (C=O) groups excluding carboxylic acids is 1. The number of hydrogen-bond acceptors (Lipinski definition) is 3. The summed E-state index contributed by atoms with van der Waals surface area (Å²) in [6.07, 6.45) is 8.88. The number of aryl methyl sites for hydroxylation is 1. The van der Waals surface area contributed by atoms with Crippen molar-refractivity contribution in [3.8, 4) is 0 Å². The SMILES string of the molecule is CCn1ccnc1C(=O)CCC1CCCCN1. The fraction of sp³-hybridized carbons (Fsp3) is 0.692. The summed E-state index contributed by atoms with van der Waals surface area (Å²) in [5.41, 5.74) is 0. The summed E-state index contributed by atoms with van der Waals surface area (Å²) in [4.78, 5) is 16.2. The lowest BCUT2D eigenvalue weighted by atomic mass is 9.99. The van der Waals surface area contributed by atoms with Gasteiger partial charge in [-0.15, -0.1) is 0 Å². The number of aromatic nitrogens is 2. The Labute approximate surface area is 102 Å². The number of nitrogens with zero attached hydrogens (tertiary/aromatic N) is 2. The van der Waals surface area contributed by atoms with Crippen LogP contribution >= 0.6 is 0 Å². The number of Topliss-reactive ketones (excluding diaryl/α,β-unsaturated/α-hetero) is 1. The molecule has 1 aromatic heterocycles. The molecule has 1 aliphatic rings. The monoisotopic (exact) mass is 235 g/mol. The number of hydrogen-bond donors (Lipinski definition) is 1. The Kier molecular flexibility index (Phi) is 4.31. The zero-order chi connectivity index (χ0) is 12.1. The summed E-state index contributed by atoms with van der Waals surface area (Å²) in [7, 11) is 0. The molecule has 4 heteroatoms. The zero-order valence-corrected chi connectivity index (χ0v) is 10.5. The van der Waals surface area contributed by atoms with E-state index in [4.69, 9.17) is 0 Å². The van der Waals surface area contributed by atoms with Gasteiger partial charge >= 0.3 is 0 Å². The zero-order valence-electron chi connectivity index (χ0n) is 10.5. The molecule has 0 aromatic carbocycles. The molecule has 1 aromatic rings. The van der Waals surface area contributed by atoms with E-state index in [1.54, 1.807) is 6.20 Å². The molecule has 1 fully saturated rings. The Morgan fingerprint density at radius 2 is 2.47 bits per heavy atom. The van der Waals surface area contributed by atoms with Gasteiger partial charge < -0.3 is 9.88 Å².